The van der Waals surface area contributed by atoms with Crippen LogP contribution in [0.3, 0.4) is 0 Å². The quantitative estimate of drug-likeness (QED) is 0.853. The van der Waals surface area contributed by atoms with Crippen LogP contribution in [0, 0.1) is 0 Å². The number of halogens is 4. The van der Waals surface area contributed by atoms with Gasteiger partial charge in [0.25, 0.3) is 0 Å². The summed E-state index contributed by atoms with van der Waals surface area (Å²) in [6.45, 7) is -0.0553. The lowest BCUT2D eigenvalue weighted by Gasteiger charge is -2.14. The molecule has 0 saturated heterocycles. The molecule has 0 fully saturated rings. The Morgan fingerprint density at radius 2 is 1.95 bits per heavy atom. The molecular weight excluding hydrogens is 337 g/mol. The van der Waals surface area contributed by atoms with Crippen LogP contribution in [0.2, 0.25) is 0 Å². The fourth-order valence-electron chi connectivity index (χ4n) is 1.54. The van der Waals surface area contributed by atoms with Crippen molar-refractivity contribution in [2.45, 2.75) is 12.8 Å². The van der Waals surface area contributed by atoms with Gasteiger partial charge >= 0.3 is 6.18 Å². The minimum Gasteiger partial charge on any atom is -0.487 e. The van der Waals surface area contributed by atoms with Gasteiger partial charge in [0.2, 0.25) is 0 Å². The molecule has 0 atom stereocenters. The highest BCUT2D eigenvalue weighted by Crippen LogP contribution is 2.37. The molecule has 1 heterocycles. The maximum atomic E-state index is 12.8. The van der Waals surface area contributed by atoms with Crippen LogP contribution in [0.25, 0.3) is 0 Å². The zero-order chi connectivity index (χ0) is 14.8. The predicted octanol–water partition coefficient (Wildman–Crippen LogP) is 4.02. The fraction of sp³-hybridized carbons (Fsp3) is 0.154. The summed E-state index contributed by atoms with van der Waals surface area (Å²) in [4.78, 5) is 4.02. The summed E-state index contributed by atoms with van der Waals surface area (Å²) in [5, 5.41) is 0. The summed E-state index contributed by atoms with van der Waals surface area (Å²) in [5.41, 5.74) is 5.04. The zero-order valence-corrected chi connectivity index (χ0v) is 11.7. The number of rotatable bonds is 3. The van der Waals surface area contributed by atoms with Crippen LogP contribution >= 0.6 is 15.9 Å². The van der Waals surface area contributed by atoms with Gasteiger partial charge in [-0.3, -0.25) is 4.98 Å². The minimum absolute atomic E-state index is 0.0337. The van der Waals surface area contributed by atoms with E-state index in [4.69, 9.17) is 10.5 Å². The molecule has 0 aliphatic heterocycles. The Hall–Kier alpha value is -1.76. The largest absolute Gasteiger partial charge is 0.487 e. The van der Waals surface area contributed by atoms with Gasteiger partial charge in [-0.25, -0.2) is 0 Å². The number of benzene rings is 1. The van der Waals surface area contributed by atoms with Gasteiger partial charge in [0.1, 0.15) is 12.4 Å². The van der Waals surface area contributed by atoms with E-state index in [-0.39, 0.29) is 18.0 Å². The minimum atomic E-state index is -4.52. The Labute approximate surface area is 121 Å². The van der Waals surface area contributed by atoms with Crippen molar-refractivity contribution in [2.75, 3.05) is 5.73 Å². The maximum Gasteiger partial charge on any atom is 0.420 e. The molecule has 0 spiro atoms. The molecule has 1 aromatic heterocycles. The summed E-state index contributed by atoms with van der Waals surface area (Å²) >= 11 is 3.22. The van der Waals surface area contributed by atoms with Crippen molar-refractivity contribution in [1.29, 1.82) is 0 Å². The summed E-state index contributed by atoms with van der Waals surface area (Å²) in [7, 11) is 0. The third-order valence-corrected chi connectivity index (χ3v) is 2.94. The predicted molar refractivity (Wildman–Crippen MR) is 72.1 cm³/mol. The number of alkyl halides is 3. The topological polar surface area (TPSA) is 48.1 Å². The summed E-state index contributed by atoms with van der Waals surface area (Å²) in [5.74, 6) is -0.267. The van der Waals surface area contributed by atoms with Crippen molar-refractivity contribution in [1.82, 2.24) is 4.98 Å². The summed E-state index contributed by atoms with van der Waals surface area (Å²) in [6, 6.07) is 6.81. The van der Waals surface area contributed by atoms with E-state index >= 15 is 0 Å². The summed E-state index contributed by atoms with van der Waals surface area (Å²) in [6.07, 6.45) is -2.97. The number of nitrogens with zero attached hydrogens (tertiary/aromatic N) is 1. The number of nitrogen functional groups attached to an aromatic ring is 1. The monoisotopic (exact) mass is 346 g/mol. The van der Waals surface area contributed by atoms with Crippen molar-refractivity contribution in [2.24, 2.45) is 0 Å². The van der Waals surface area contributed by atoms with Crippen LogP contribution < -0.4 is 10.5 Å². The number of anilines is 1. The van der Waals surface area contributed by atoms with Crippen LogP contribution in [0.15, 0.2) is 41.0 Å². The van der Waals surface area contributed by atoms with Gasteiger partial charge in [0.05, 0.1) is 11.3 Å². The molecule has 0 amide bonds. The molecule has 3 nitrogen and oxygen atoms in total. The number of aromatic nitrogens is 1. The first-order valence-electron chi connectivity index (χ1n) is 5.56. The lowest BCUT2D eigenvalue weighted by Crippen LogP contribution is -2.09. The molecule has 0 unspecified atom stereocenters. The Balaban J connectivity index is 2.19. The third-order valence-electron chi connectivity index (χ3n) is 2.47. The molecule has 7 heteroatoms. The summed E-state index contributed by atoms with van der Waals surface area (Å²) < 4.78 is 44.5. The molecule has 0 bridgehead atoms. The van der Waals surface area contributed by atoms with Crippen molar-refractivity contribution in [3.05, 3.63) is 52.3 Å². The van der Waals surface area contributed by atoms with Gasteiger partial charge in [0.15, 0.2) is 0 Å². The van der Waals surface area contributed by atoms with Crippen LogP contribution in [0.4, 0.5) is 18.9 Å². The third kappa shape index (κ3) is 3.63. The van der Waals surface area contributed by atoms with Crippen LogP contribution in [-0.4, -0.2) is 4.98 Å². The van der Waals surface area contributed by atoms with Crippen LogP contribution in [-0.2, 0) is 12.8 Å². The van der Waals surface area contributed by atoms with Crippen molar-refractivity contribution >= 4 is 21.6 Å². The molecule has 0 saturated carbocycles. The van der Waals surface area contributed by atoms with Gasteiger partial charge in [-0.15, -0.1) is 0 Å². The van der Waals surface area contributed by atoms with Crippen molar-refractivity contribution in [3.63, 3.8) is 0 Å². The molecule has 0 aliphatic rings. The Morgan fingerprint density at radius 1 is 1.20 bits per heavy atom. The average Bonchev–Trinajstić information content (AvgIpc) is 2.38. The van der Waals surface area contributed by atoms with E-state index in [2.05, 4.69) is 20.9 Å². The van der Waals surface area contributed by atoms with E-state index in [0.29, 0.717) is 5.69 Å². The first-order valence-corrected chi connectivity index (χ1v) is 6.35. The first-order chi connectivity index (χ1) is 9.36. The molecule has 1 aromatic carbocycles. The van der Waals surface area contributed by atoms with Gasteiger partial charge in [-0.1, -0.05) is 0 Å². The Kier molecular flexibility index (Phi) is 4.17. The smallest absolute Gasteiger partial charge is 0.420 e. The molecule has 2 aromatic rings. The zero-order valence-electron chi connectivity index (χ0n) is 10.1. The SMILES string of the molecule is Nc1ccc(OCc2ccc(Br)cn2)c(C(F)(F)F)c1. The van der Waals surface area contributed by atoms with E-state index < -0.39 is 11.7 Å². The van der Waals surface area contributed by atoms with Crippen LogP contribution in [0.5, 0.6) is 5.75 Å². The average molecular weight is 347 g/mol. The van der Waals surface area contributed by atoms with Crippen molar-refractivity contribution < 1.29 is 17.9 Å². The molecule has 2 rings (SSSR count). The highest BCUT2D eigenvalue weighted by molar-refractivity contribution is 9.10. The lowest BCUT2D eigenvalue weighted by molar-refractivity contribution is -0.139. The second-order valence-electron chi connectivity index (χ2n) is 4.01. The van der Waals surface area contributed by atoms with Gasteiger partial charge < -0.3 is 10.5 Å². The maximum absolute atomic E-state index is 12.8. The van der Waals surface area contributed by atoms with Gasteiger partial charge in [-0.2, -0.15) is 13.2 Å². The molecule has 0 aliphatic carbocycles. The standard InChI is InChI=1S/C13H10BrF3N2O/c14-8-1-3-10(19-6-8)7-20-12-4-2-9(18)5-11(12)13(15,16)17/h1-6H,7,18H2. The second-order valence-corrected chi connectivity index (χ2v) is 4.93. The Bertz CT molecular complexity index is 600. The van der Waals surface area contributed by atoms with E-state index in [1.807, 2.05) is 0 Å². The van der Waals surface area contributed by atoms with E-state index in [9.17, 15) is 13.2 Å². The van der Waals surface area contributed by atoms with Gasteiger partial charge in [0, 0.05) is 16.4 Å². The van der Waals surface area contributed by atoms with Gasteiger partial charge in [-0.05, 0) is 46.3 Å². The highest BCUT2D eigenvalue weighted by atomic mass is 79.9. The number of nitrogens with two attached hydrogens (primary N) is 1. The number of hydrogen-bond acceptors (Lipinski definition) is 3. The second kappa shape index (κ2) is 5.70. The highest BCUT2D eigenvalue weighted by Gasteiger charge is 2.34. The number of ether oxygens (including phenoxy) is 1. The first kappa shape index (κ1) is 14.6. The Morgan fingerprint density at radius 3 is 2.55 bits per heavy atom. The molecule has 106 valence electrons. The number of hydrogen-bond donors (Lipinski definition) is 1. The van der Waals surface area contributed by atoms with E-state index in [1.54, 1.807) is 18.3 Å². The molecule has 2 N–H and O–H groups in total. The number of pyridine rings is 1. The molecule has 20 heavy (non-hydrogen) atoms. The van der Waals surface area contributed by atoms with E-state index in [0.717, 1.165) is 10.5 Å². The van der Waals surface area contributed by atoms with Crippen molar-refractivity contribution in [3.8, 4) is 5.75 Å². The molecular formula is C13H10BrF3N2O. The van der Waals surface area contributed by atoms with Crippen LogP contribution in [0.1, 0.15) is 11.3 Å². The van der Waals surface area contributed by atoms with E-state index in [1.165, 1.54) is 12.1 Å². The fourth-order valence-corrected chi connectivity index (χ4v) is 1.77. The lowest BCUT2D eigenvalue weighted by atomic mass is 10.1. The molecule has 0 radical (unpaired) electrons. The normalized spacial score (nSPS) is 11.4.